The third-order valence-corrected chi connectivity index (χ3v) is 4.07. The highest BCUT2D eigenvalue weighted by molar-refractivity contribution is 5.93. The van der Waals surface area contributed by atoms with Crippen molar-refractivity contribution in [3.63, 3.8) is 0 Å². The molecule has 2 amide bonds. The molecule has 2 heterocycles. The number of urea groups is 1. The quantitative estimate of drug-likeness (QED) is 0.656. The van der Waals surface area contributed by atoms with Crippen LogP contribution in [0.4, 0.5) is 10.6 Å². The first-order chi connectivity index (χ1) is 12.8. The zero-order valence-electron chi connectivity index (χ0n) is 16.2. The van der Waals surface area contributed by atoms with Crippen LogP contribution in [-0.2, 0) is 5.54 Å². The van der Waals surface area contributed by atoms with Crippen LogP contribution >= 0.6 is 0 Å². The van der Waals surface area contributed by atoms with E-state index in [4.69, 9.17) is 0 Å². The molecule has 0 aliphatic carbocycles. The molecule has 3 aromatic rings. The number of benzene rings is 1. The van der Waals surface area contributed by atoms with Gasteiger partial charge in [0.1, 0.15) is 11.6 Å². The van der Waals surface area contributed by atoms with Gasteiger partial charge in [0.25, 0.3) is 0 Å². The third-order valence-electron chi connectivity index (χ3n) is 4.07. The van der Waals surface area contributed by atoms with Gasteiger partial charge in [0.05, 0.1) is 17.8 Å². The van der Waals surface area contributed by atoms with E-state index >= 15 is 0 Å². The summed E-state index contributed by atoms with van der Waals surface area (Å²) in [6, 6.07) is 9.19. The van der Waals surface area contributed by atoms with Crippen LogP contribution < -0.4 is 10.6 Å². The minimum absolute atomic E-state index is 0.290. The van der Waals surface area contributed by atoms with Crippen LogP contribution in [0.5, 0.6) is 0 Å². The summed E-state index contributed by atoms with van der Waals surface area (Å²) >= 11 is 0. The molecule has 142 valence electrons. The molecule has 0 unspecified atom stereocenters. The topological polar surface area (TPSA) is 101 Å². The van der Waals surface area contributed by atoms with E-state index in [-0.39, 0.29) is 17.6 Å². The van der Waals surface area contributed by atoms with Crippen LogP contribution in [0.25, 0.3) is 11.1 Å². The Morgan fingerprint density at radius 2 is 1.93 bits per heavy atom. The maximum absolute atomic E-state index is 12.6. The molecule has 8 nitrogen and oxygen atoms in total. The van der Waals surface area contributed by atoms with Crippen molar-refractivity contribution in [1.29, 1.82) is 0 Å². The van der Waals surface area contributed by atoms with Crippen LogP contribution in [0.15, 0.2) is 36.5 Å². The molecule has 0 saturated heterocycles. The minimum Gasteiger partial charge on any atom is -0.328 e. The van der Waals surface area contributed by atoms with Gasteiger partial charge < -0.3 is 5.32 Å². The second kappa shape index (κ2) is 7.22. The number of hydrogen-bond donors (Lipinski definition) is 3. The summed E-state index contributed by atoms with van der Waals surface area (Å²) in [4.78, 5) is 16.9. The number of carbonyl (C=O) groups is 1. The van der Waals surface area contributed by atoms with Crippen molar-refractivity contribution in [2.75, 3.05) is 5.32 Å². The lowest BCUT2D eigenvalue weighted by atomic mass is 10.1. The number of rotatable bonds is 4. The van der Waals surface area contributed by atoms with Crippen molar-refractivity contribution < 1.29 is 4.79 Å². The van der Waals surface area contributed by atoms with Gasteiger partial charge in [0, 0.05) is 5.56 Å². The fourth-order valence-corrected chi connectivity index (χ4v) is 2.76. The predicted octanol–water partition coefficient (Wildman–Crippen LogP) is 3.61. The number of hydrogen-bond acceptors (Lipinski definition) is 4. The highest BCUT2D eigenvalue weighted by Crippen LogP contribution is 2.31. The summed E-state index contributed by atoms with van der Waals surface area (Å²) in [7, 11) is 0. The number of nitrogens with zero attached hydrogens (tertiary/aromatic N) is 4. The van der Waals surface area contributed by atoms with Crippen molar-refractivity contribution in [2.45, 2.75) is 46.2 Å². The van der Waals surface area contributed by atoms with Crippen molar-refractivity contribution in [2.24, 2.45) is 0 Å². The average Bonchev–Trinajstić information content (AvgIpc) is 3.21. The van der Waals surface area contributed by atoms with E-state index in [1.165, 1.54) is 0 Å². The van der Waals surface area contributed by atoms with Crippen molar-refractivity contribution in [3.8, 4) is 11.1 Å². The molecular formula is C19H25N7O. The summed E-state index contributed by atoms with van der Waals surface area (Å²) in [6.07, 6.45) is 1.78. The van der Waals surface area contributed by atoms with Crippen molar-refractivity contribution in [3.05, 3.63) is 48.2 Å². The molecule has 0 fully saturated rings. The number of amides is 2. The Bertz CT molecular complexity index is 921. The van der Waals surface area contributed by atoms with Gasteiger partial charge in [0.2, 0.25) is 0 Å². The summed E-state index contributed by atoms with van der Waals surface area (Å²) in [5.74, 6) is 1.89. The van der Waals surface area contributed by atoms with Crippen LogP contribution in [-0.4, -0.2) is 31.0 Å². The molecule has 0 saturated carbocycles. The molecular weight excluding hydrogens is 342 g/mol. The number of carbonyl (C=O) groups excluding carboxylic acids is 1. The number of aryl methyl sites for hydroxylation is 1. The van der Waals surface area contributed by atoms with E-state index < -0.39 is 0 Å². The lowest BCUT2D eigenvalue weighted by Crippen LogP contribution is -2.34. The van der Waals surface area contributed by atoms with E-state index in [0.29, 0.717) is 17.5 Å². The molecule has 27 heavy (non-hydrogen) atoms. The maximum atomic E-state index is 12.6. The molecule has 0 bridgehead atoms. The largest absolute Gasteiger partial charge is 0.328 e. The number of H-pyrrole nitrogens is 1. The Morgan fingerprint density at radius 1 is 1.22 bits per heavy atom. The van der Waals surface area contributed by atoms with Crippen LogP contribution in [0.3, 0.4) is 0 Å². The summed E-state index contributed by atoms with van der Waals surface area (Å²) < 4.78 is 1.82. The fraction of sp³-hybridized carbons (Fsp3) is 0.368. The summed E-state index contributed by atoms with van der Waals surface area (Å²) in [5.41, 5.74) is 1.56. The van der Waals surface area contributed by atoms with Gasteiger partial charge in [-0.3, -0.25) is 10.4 Å². The number of aromatic nitrogens is 5. The molecule has 3 rings (SSSR count). The van der Waals surface area contributed by atoms with Gasteiger partial charge in [-0.25, -0.2) is 14.5 Å². The Hall–Kier alpha value is -3.16. The molecule has 3 N–H and O–H groups in total. The van der Waals surface area contributed by atoms with Gasteiger partial charge in [-0.05, 0) is 40.2 Å². The Kier molecular flexibility index (Phi) is 4.98. The molecule has 8 heteroatoms. The van der Waals surface area contributed by atoms with Crippen LogP contribution in [0.1, 0.15) is 45.4 Å². The lowest BCUT2D eigenvalue weighted by Gasteiger charge is -2.23. The Morgan fingerprint density at radius 3 is 2.52 bits per heavy atom. The first-order valence-corrected chi connectivity index (χ1v) is 8.86. The first kappa shape index (κ1) is 18.6. The molecule has 0 aliphatic rings. The zero-order chi connectivity index (χ0) is 19.6. The highest BCUT2D eigenvalue weighted by atomic mass is 16.2. The second-order valence-electron chi connectivity index (χ2n) is 7.45. The average molecular weight is 367 g/mol. The summed E-state index contributed by atoms with van der Waals surface area (Å²) in [6.45, 7) is 9.77. The molecule has 0 aliphatic heterocycles. The van der Waals surface area contributed by atoms with Gasteiger partial charge >= 0.3 is 6.03 Å². The van der Waals surface area contributed by atoms with E-state index in [0.717, 1.165) is 11.1 Å². The van der Waals surface area contributed by atoms with Crippen LogP contribution in [0, 0.1) is 6.92 Å². The van der Waals surface area contributed by atoms with Gasteiger partial charge in [-0.2, -0.15) is 10.2 Å². The first-order valence-electron chi connectivity index (χ1n) is 8.86. The predicted molar refractivity (Wildman–Crippen MR) is 104 cm³/mol. The molecule has 1 atom stereocenters. The Balaban J connectivity index is 1.86. The number of nitrogens with one attached hydrogen (secondary N) is 3. The van der Waals surface area contributed by atoms with E-state index in [2.05, 4.69) is 30.9 Å². The standard InChI is InChI=1S/C19H25N7O/c1-12(16-22-13(2)24-25-16)21-18(27)23-17-15(14-9-7-6-8-10-14)11-20-26(17)19(3,4)5/h6-12H,1-5H3,(H2,21,23,27)(H,22,24,25)/t12-/m0/s1. The number of anilines is 1. The zero-order valence-corrected chi connectivity index (χ0v) is 16.2. The second-order valence-corrected chi connectivity index (χ2v) is 7.45. The van der Waals surface area contributed by atoms with Crippen LogP contribution in [0.2, 0.25) is 0 Å². The van der Waals surface area contributed by atoms with Gasteiger partial charge in [0.15, 0.2) is 5.82 Å². The fourth-order valence-electron chi connectivity index (χ4n) is 2.76. The van der Waals surface area contributed by atoms with Crippen molar-refractivity contribution in [1.82, 2.24) is 30.3 Å². The SMILES string of the molecule is Cc1nc([C@H](C)NC(=O)Nc2c(-c3ccccc3)cnn2C(C)(C)C)n[nH]1. The molecule has 0 spiro atoms. The van der Waals surface area contributed by atoms with Gasteiger partial charge in [-0.1, -0.05) is 30.3 Å². The lowest BCUT2D eigenvalue weighted by molar-refractivity contribution is 0.248. The smallest absolute Gasteiger partial charge is 0.320 e. The molecule has 0 radical (unpaired) electrons. The van der Waals surface area contributed by atoms with E-state index in [1.807, 2.05) is 69.6 Å². The van der Waals surface area contributed by atoms with E-state index in [1.54, 1.807) is 6.20 Å². The minimum atomic E-state index is -0.340. The molecule has 1 aromatic carbocycles. The highest BCUT2D eigenvalue weighted by Gasteiger charge is 2.24. The summed E-state index contributed by atoms with van der Waals surface area (Å²) in [5, 5.41) is 17.2. The normalized spacial score (nSPS) is 12.6. The number of aromatic amines is 1. The molecule has 2 aromatic heterocycles. The van der Waals surface area contributed by atoms with E-state index in [9.17, 15) is 4.79 Å². The third kappa shape index (κ3) is 4.16. The van der Waals surface area contributed by atoms with Crippen molar-refractivity contribution >= 4 is 11.8 Å². The maximum Gasteiger partial charge on any atom is 0.320 e. The monoisotopic (exact) mass is 367 g/mol. The van der Waals surface area contributed by atoms with Gasteiger partial charge in [-0.15, -0.1) is 0 Å². The Labute approximate surface area is 158 Å².